The Hall–Kier alpha value is -3.08. The lowest BCUT2D eigenvalue weighted by Crippen LogP contribution is -2.07. The van der Waals surface area contributed by atoms with Crippen LogP contribution in [0.5, 0.6) is 11.5 Å². The van der Waals surface area contributed by atoms with Crippen LogP contribution in [0.4, 0.5) is 11.8 Å². The summed E-state index contributed by atoms with van der Waals surface area (Å²) in [5.41, 5.74) is 14.3. The summed E-state index contributed by atoms with van der Waals surface area (Å²) in [6.07, 6.45) is 0.629. The maximum atomic E-state index is 5.97. The zero-order valence-electron chi connectivity index (χ0n) is 12.9. The van der Waals surface area contributed by atoms with E-state index in [0.717, 1.165) is 28.3 Å². The molecule has 0 unspecified atom stereocenters. The third-order valence-electron chi connectivity index (χ3n) is 3.52. The Morgan fingerprint density at radius 2 is 1.65 bits per heavy atom. The number of anilines is 2. The fourth-order valence-electron chi connectivity index (χ4n) is 2.41. The summed E-state index contributed by atoms with van der Waals surface area (Å²) in [7, 11) is 0. The zero-order valence-corrected chi connectivity index (χ0v) is 12.9. The van der Waals surface area contributed by atoms with Gasteiger partial charge in [-0.2, -0.15) is 4.98 Å². The van der Waals surface area contributed by atoms with Crippen LogP contribution in [0.25, 0.3) is 0 Å². The van der Waals surface area contributed by atoms with Crippen LogP contribution in [-0.2, 0) is 6.42 Å². The fourth-order valence-corrected chi connectivity index (χ4v) is 2.41. The van der Waals surface area contributed by atoms with Crippen LogP contribution >= 0.6 is 0 Å². The molecule has 5 heteroatoms. The molecule has 0 radical (unpaired) electrons. The molecule has 0 spiro atoms. The maximum Gasteiger partial charge on any atom is 0.222 e. The molecule has 0 amide bonds. The van der Waals surface area contributed by atoms with E-state index < -0.39 is 0 Å². The number of benzene rings is 2. The van der Waals surface area contributed by atoms with E-state index in [1.165, 1.54) is 0 Å². The highest BCUT2D eigenvalue weighted by molar-refractivity contribution is 5.48. The minimum atomic E-state index is 0.199. The van der Waals surface area contributed by atoms with E-state index in [2.05, 4.69) is 9.97 Å². The highest BCUT2D eigenvalue weighted by Gasteiger charge is 2.09. The van der Waals surface area contributed by atoms with Crippen LogP contribution in [0.2, 0.25) is 0 Å². The first-order valence-electron chi connectivity index (χ1n) is 7.32. The Morgan fingerprint density at radius 1 is 0.913 bits per heavy atom. The van der Waals surface area contributed by atoms with E-state index in [1.807, 2.05) is 61.5 Å². The SMILES string of the molecule is Cc1nc(N)nc(N)c1Cc1cccc(Oc2ccccc2)c1. The van der Waals surface area contributed by atoms with Gasteiger partial charge in [-0.15, -0.1) is 0 Å². The molecule has 1 heterocycles. The molecule has 23 heavy (non-hydrogen) atoms. The predicted octanol–water partition coefficient (Wildman–Crippen LogP) is 3.33. The predicted molar refractivity (Wildman–Crippen MR) is 91.4 cm³/mol. The molecule has 0 aliphatic rings. The lowest BCUT2D eigenvalue weighted by molar-refractivity contribution is 0.482. The smallest absolute Gasteiger partial charge is 0.222 e. The van der Waals surface area contributed by atoms with Crippen LogP contribution in [0.1, 0.15) is 16.8 Å². The second-order valence-corrected chi connectivity index (χ2v) is 5.27. The molecule has 3 rings (SSSR count). The van der Waals surface area contributed by atoms with Crippen molar-refractivity contribution in [2.24, 2.45) is 0 Å². The van der Waals surface area contributed by atoms with E-state index in [-0.39, 0.29) is 5.95 Å². The summed E-state index contributed by atoms with van der Waals surface area (Å²) < 4.78 is 5.85. The van der Waals surface area contributed by atoms with E-state index in [4.69, 9.17) is 16.2 Å². The first-order valence-corrected chi connectivity index (χ1v) is 7.32. The fraction of sp³-hybridized carbons (Fsp3) is 0.111. The molecule has 4 N–H and O–H groups in total. The number of rotatable bonds is 4. The number of ether oxygens (including phenoxy) is 1. The molecule has 116 valence electrons. The number of aromatic nitrogens is 2. The lowest BCUT2D eigenvalue weighted by Gasteiger charge is -2.11. The molecule has 0 bridgehead atoms. The Labute approximate surface area is 135 Å². The molecule has 0 fully saturated rings. The van der Waals surface area contributed by atoms with Crippen molar-refractivity contribution in [1.29, 1.82) is 0 Å². The van der Waals surface area contributed by atoms with Crippen LogP contribution in [0.3, 0.4) is 0 Å². The summed E-state index contributed by atoms with van der Waals surface area (Å²) in [5.74, 6) is 2.20. The second-order valence-electron chi connectivity index (χ2n) is 5.27. The molecular weight excluding hydrogens is 288 g/mol. The van der Waals surface area contributed by atoms with Gasteiger partial charge in [0.2, 0.25) is 5.95 Å². The number of hydrogen-bond acceptors (Lipinski definition) is 5. The summed E-state index contributed by atoms with van der Waals surface area (Å²) in [6, 6.07) is 17.6. The van der Waals surface area contributed by atoms with E-state index in [9.17, 15) is 0 Å². The molecule has 5 nitrogen and oxygen atoms in total. The quantitative estimate of drug-likeness (QED) is 0.772. The Kier molecular flexibility index (Phi) is 4.10. The van der Waals surface area contributed by atoms with Crippen LogP contribution in [0.15, 0.2) is 54.6 Å². The molecule has 0 saturated carbocycles. The van der Waals surface area contributed by atoms with E-state index in [1.54, 1.807) is 0 Å². The minimum absolute atomic E-state index is 0.199. The van der Waals surface area contributed by atoms with Crippen molar-refractivity contribution in [2.45, 2.75) is 13.3 Å². The van der Waals surface area contributed by atoms with Gasteiger partial charge in [0.1, 0.15) is 17.3 Å². The Bertz CT molecular complexity index is 795. The lowest BCUT2D eigenvalue weighted by atomic mass is 10.0. The van der Waals surface area contributed by atoms with Gasteiger partial charge in [-0.1, -0.05) is 30.3 Å². The molecule has 0 atom stereocenters. The highest BCUT2D eigenvalue weighted by atomic mass is 16.5. The van der Waals surface area contributed by atoms with Crippen molar-refractivity contribution < 1.29 is 4.74 Å². The molecule has 0 aliphatic carbocycles. The molecule has 1 aromatic heterocycles. The third-order valence-corrected chi connectivity index (χ3v) is 3.52. The van der Waals surface area contributed by atoms with Crippen molar-refractivity contribution in [3.05, 3.63) is 71.4 Å². The molecule has 3 aromatic rings. The van der Waals surface area contributed by atoms with Gasteiger partial charge >= 0.3 is 0 Å². The second kappa shape index (κ2) is 6.36. The minimum Gasteiger partial charge on any atom is -0.457 e. The van der Waals surface area contributed by atoms with Crippen LogP contribution in [-0.4, -0.2) is 9.97 Å². The number of nitrogens with zero attached hydrogens (tertiary/aromatic N) is 2. The van der Waals surface area contributed by atoms with E-state index in [0.29, 0.717) is 12.2 Å². The van der Waals surface area contributed by atoms with Crippen LogP contribution in [0, 0.1) is 6.92 Å². The molecule has 0 saturated heterocycles. The number of nitrogens with two attached hydrogens (primary N) is 2. The van der Waals surface area contributed by atoms with E-state index >= 15 is 0 Å². The van der Waals surface area contributed by atoms with Crippen molar-refractivity contribution in [1.82, 2.24) is 9.97 Å². The van der Waals surface area contributed by atoms with Crippen molar-refractivity contribution in [3.8, 4) is 11.5 Å². The first kappa shape index (κ1) is 14.8. The summed E-state index contributed by atoms with van der Waals surface area (Å²) in [6.45, 7) is 1.88. The van der Waals surface area contributed by atoms with Gasteiger partial charge in [0.15, 0.2) is 0 Å². The largest absolute Gasteiger partial charge is 0.457 e. The van der Waals surface area contributed by atoms with Crippen molar-refractivity contribution >= 4 is 11.8 Å². The topological polar surface area (TPSA) is 87.0 Å². The molecule has 2 aromatic carbocycles. The monoisotopic (exact) mass is 306 g/mol. The van der Waals surface area contributed by atoms with Gasteiger partial charge in [-0.3, -0.25) is 0 Å². The van der Waals surface area contributed by atoms with Gasteiger partial charge in [0.25, 0.3) is 0 Å². The first-order chi connectivity index (χ1) is 11.1. The summed E-state index contributed by atoms with van der Waals surface area (Å²) in [5, 5.41) is 0. The van der Waals surface area contributed by atoms with Gasteiger partial charge in [-0.25, -0.2) is 4.98 Å². The van der Waals surface area contributed by atoms with Gasteiger partial charge in [0, 0.05) is 17.7 Å². The van der Waals surface area contributed by atoms with Crippen molar-refractivity contribution in [2.75, 3.05) is 11.5 Å². The highest BCUT2D eigenvalue weighted by Crippen LogP contribution is 2.24. The van der Waals surface area contributed by atoms with Gasteiger partial charge in [0.05, 0.1) is 0 Å². The zero-order chi connectivity index (χ0) is 16.2. The number of nitrogen functional groups attached to an aromatic ring is 2. The Balaban J connectivity index is 1.83. The standard InChI is InChI=1S/C18H18N4O/c1-12-16(17(19)22-18(20)21-12)11-13-6-5-9-15(10-13)23-14-7-3-2-4-8-14/h2-10H,11H2,1H3,(H4,19,20,21,22). The number of para-hydroxylation sites is 1. The van der Waals surface area contributed by atoms with Gasteiger partial charge < -0.3 is 16.2 Å². The van der Waals surface area contributed by atoms with Crippen molar-refractivity contribution in [3.63, 3.8) is 0 Å². The normalized spacial score (nSPS) is 10.5. The number of hydrogen-bond donors (Lipinski definition) is 2. The molecule has 0 aliphatic heterocycles. The number of aryl methyl sites for hydroxylation is 1. The van der Waals surface area contributed by atoms with Gasteiger partial charge in [-0.05, 0) is 36.8 Å². The molecular formula is C18H18N4O. The van der Waals surface area contributed by atoms with Crippen LogP contribution < -0.4 is 16.2 Å². The summed E-state index contributed by atoms with van der Waals surface area (Å²) in [4.78, 5) is 8.21. The average molecular weight is 306 g/mol. The Morgan fingerprint density at radius 3 is 2.39 bits per heavy atom. The summed E-state index contributed by atoms with van der Waals surface area (Å²) >= 11 is 0. The average Bonchev–Trinajstić information content (AvgIpc) is 2.52. The maximum absolute atomic E-state index is 5.97. The third kappa shape index (κ3) is 3.58.